The van der Waals surface area contributed by atoms with Crippen molar-refractivity contribution in [3.05, 3.63) is 28.5 Å². The second-order valence-electron chi connectivity index (χ2n) is 4.02. The number of halogens is 2. The highest BCUT2D eigenvalue weighted by Gasteiger charge is 2.00. The topological polar surface area (TPSA) is 21.3 Å². The third-order valence-corrected chi connectivity index (χ3v) is 2.59. The Labute approximate surface area is 104 Å². The first-order chi connectivity index (χ1) is 7.59. The Balaban J connectivity index is 2.24. The first kappa shape index (κ1) is 13.5. The van der Waals surface area contributed by atoms with Gasteiger partial charge in [-0.25, -0.2) is 4.39 Å². The molecule has 1 N–H and O–H groups in total. The SMILES string of the molecule is CC(C)COCCNc1ccc(Br)c(F)c1. The largest absolute Gasteiger partial charge is 0.383 e. The molecule has 0 saturated carbocycles. The molecule has 16 heavy (non-hydrogen) atoms. The van der Waals surface area contributed by atoms with E-state index in [1.165, 1.54) is 6.07 Å². The van der Waals surface area contributed by atoms with Crippen LogP contribution in [0.15, 0.2) is 22.7 Å². The maximum absolute atomic E-state index is 13.1. The predicted octanol–water partition coefficient (Wildman–Crippen LogP) is 3.67. The van der Waals surface area contributed by atoms with Gasteiger partial charge in [-0.05, 0) is 40.0 Å². The zero-order valence-corrected chi connectivity index (χ0v) is 11.2. The third kappa shape index (κ3) is 4.94. The van der Waals surface area contributed by atoms with Crippen LogP contribution in [-0.2, 0) is 4.74 Å². The first-order valence-electron chi connectivity index (χ1n) is 5.36. The zero-order chi connectivity index (χ0) is 12.0. The van der Waals surface area contributed by atoms with E-state index < -0.39 is 0 Å². The van der Waals surface area contributed by atoms with E-state index in [0.29, 0.717) is 23.5 Å². The summed E-state index contributed by atoms with van der Waals surface area (Å²) >= 11 is 3.11. The molecule has 0 amide bonds. The van der Waals surface area contributed by atoms with Crippen molar-refractivity contribution >= 4 is 21.6 Å². The molecule has 0 spiro atoms. The molecule has 0 fully saturated rings. The number of hydrogen-bond acceptors (Lipinski definition) is 2. The fraction of sp³-hybridized carbons (Fsp3) is 0.500. The average Bonchev–Trinajstić information content (AvgIpc) is 2.22. The third-order valence-electron chi connectivity index (χ3n) is 1.95. The number of nitrogens with one attached hydrogen (secondary N) is 1. The van der Waals surface area contributed by atoms with E-state index in [-0.39, 0.29) is 5.82 Å². The minimum Gasteiger partial charge on any atom is -0.383 e. The summed E-state index contributed by atoms with van der Waals surface area (Å²) in [4.78, 5) is 0. The molecule has 0 saturated heterocycles. The van der Waals surface area contributed by atoms with Crippen LogP contribution in [0, 0.1) is 11.7 Å². The van der Waals surface area contributed by atoms with Crippen molar-refractivity contribution in [1.82, 2.24) is 0 Å². The minimum atomic E-state index is -0.256. The lowest BCUT2D eigenvalue weighted by atomic mass is 10.2. The Kier molecular flexibility index (Phi) is 5.77. The van der Waals surface area contributed by atoms with E-state index in [2.05, 4.69) is 35.1 Å². The number of ether oxygens (including phenoxy) is 1. The van der Waals surface area contributed by atoms with Crippen molar-refractivity contribution in [2.75, 3.05) is 25.1 Å². The molecule has 0 bridgehead atoms. The van der Waals surface area contributed by atoms with E-state index in [9.17, 15) is 4.39 Å². The summed E-state index contributed by atoms with van der Waals surface area (Å²) in [6.07, 6.45) is 0. The summed E-state index contributed by atoms with van der Waals surface area (Å²) in [6, 6.07) is 4.98. The number of benzene rings is 1. The van der Waals surface area contributed by atoms with Crippen molar-refractivity contribution in [1.29, 1.82) is 0 Å². The molecule has 1 aromatic carbocycles. The van der Waals surface area contributed by atoms with Gasteiger partial charge in [-0.1, -0.05) is 13.8 Å². The van der Waals surface area contributed by atoms with Gasteiger partial charge in [0, 0.05) is 18.8 Å². The Morgan fingerprint density at radius 3 is 2.81 bits per heavy atom. The van der Waals surface area contributed by atoms with Crippen molar-refractivity contribution < 1.29 is 9.13 Å². The van der Waals surface area contributed by atoms with Gasteiger partial charge in [-0.3, -0.25) is 0 Å². The summed E-state index contributed by atoms with van der Waals surface area (Å²) in [5, 5.41) is 3.10. The smallest absolute Gasteiger partial charge is 0.139 e. The molecule has 0 heterocycles. The Hall–Kier alpha value is -0.610. The number of anilines is 1. The van der Waals surface area contributed by atoms with E-state index in [1.807, 2.05) is 6.07 Å². The highest BCUT2D eigenvalue weighted by atomic mass is 79.9. The zero-order valence-electron chi connectivity index (χ0n) is 9.59. The van der Waals surface area contributed by atoms with Crippen LogP contribution in [0.25, 0.3) is 0 Å². The van der Waals surface area contributed by atoms with Crippen LogP contribution in [0.1, 0.15) is 13.8 Å². The lowest BCUT2D eigenvalue weighted by Gasteiger charge is -2.09. The fourth-order valence-corrected chi connectivity index (χ4v) is 1.44. The number of hydrogen-bond donors (Lipinski definition) is 1. The van der Waals surface area contributed by atoms with Gasteiger partial charge in [-0.15, -0.1) is 0 Å². The molecule has 4 heteroatoms. The van der Waals surface area contributed by atoms with Gasteiger partial charge in [0.1, 0.15) is 5.82 Å². The molecular weight excluding hydrogens is 273 g/mol. The molecule has 0 aliphatic rings. The maximum Gasteiger partial charge on any atom is 0.139 e. The Bertz CT molecular complexity index is 331. The lowest BCUT2D eigenvalue weighted by Crippen LogP contribution is -2.12. The first-order valence-corrected chi connectivity index (χ1v) is 6.15. The highest BCUT2D eigenvalue weighted by molar-refractivity contribution is 9.10. The summed E-state index contributed by atoms with van der Waals surface area (Å²) < 4.78 is 19.0. The molecule has 1 aromatic rings. The van der Waals surface area contributed by atoms with Gasteiger partial charge in [0.2, 0.25) is 0 Å². The van der Waals surface area contributed by atoms with Crippen LogP contribution in [0.5, 0.6) is 0 Å². The fourth-order valence-electron chi connectivity index (χ4n) is 1.19. The molecule has 1 rings (SSSR count). The molecule has 0 unspecified atom stereocenters. The summed E-state index contributed by atoms with van der Waals surface area (Å²) in [6.45, 7) is 6.30. The van der Waals surface area contributed by atoms with Crippen molar-refractivity contribution in [2.45, 2.75) is 13.8 Å². The quantitative estimate of drug-likeness (QED) is 0.807. The van der Waals surface area contributed by atoms with Gasteiger partial charge in [0.05, 0.1) is 11.1 Å². The van der Waals surface area contributed by atoms with Gasteiger partial charge < -0.3 is 10.1 Å². The molecule has 90 valence electrons. The van der Waals surface area contributed by atoms with Crippen LogP contribution in [-0.4, -0.2) is 19.8 Å². The van der Waals surface area contributed by atoms with Crippen LogP contribution in [0.2, 0.25) is 0 Å². The maximum atomic E-state index is 13.1. The summed E-state index contributed by atoms with van der Waals surface area (Å²) in [7, 11) is 0. The second kappa shape index (κ2) is 6.86. The van der Waals surface area contributed by atoms with Crippen LogP contribution in [0.4, 0.5) is 10.1 Å². The van der Waals surface area contributed by atoms with Gasteiger partial charge in [0.15, 0.2) is 0 Å². The molecule has 0 radical (unpaired) electrons. The van der Waals surface area contributed by atoms with Gasteiger partial charge in [-0.2, -0.15) is 0 Å². The van der Waals surface area contributed by atoms with Crippen LogP contribution < -0.4 is 5.32 Å². The molecule has 0 aromatic heterocycles. The van der Waals surface area contributed by atoms with Crippen LogP contribution in [0.3, 0.4) is 0 Å². The van der Waals surface area contributed by atoms with Gasteiger partial charge >= 0.3 is 0 Å². The standard InChI is InChI=1S/C12H17BrFNO/c1-9(2)8-16-6-5-15-10-3-4-11(13)12(14)7-10/h3-4,7,9,15H,5-6,8H2,1-2H3. The average molecular weight is 290 g/mol. The molecule has 0 aliphatic heterocycles. The lowest BCUT2D eigenvalue weighted by molar-refractivity contribution is 0.118. The normalized spacial score (nSPS) is 10.8. The van der Waals surface area contributed by atoms with Gasteiger partial charge in [0.25, 0.3) is 0 Å². The predicted molar refractivity (Wildman–Crippen MR) is 68.2 cm³/mol. The molecule has 0 aliphatic carbocycles. The Morgan fingerprint density at radius 2 is 2.19 bits per heavy atom. The highest BCUT2D eigenvalue weighted by Crippen LogP contribution is 2.18. The minimum absolute atomic E-state index is 0.256. The van der Waals surface area contributed by atoms with E-state index in [0.717, 1.165) is 12.3 Å². The monoisotopic (exact) mass is 289 g/mol. The molecule has 2 nitrogen and oxygen atoms in total. The van der Waals surface area contributed by atoms with Crippen molar-refractivity contribution in [2.24, 2.45) is 5.92 Å². The van der Waals surface area contributed by atoms with Crippen molar-refractivity contribution in [3.8, 4) is 0 Å². The van der Waals surface area contributed by atoms with E-state index in [4.69, 9.17) is 4.74 Å². The Morgan fingerprint density at radius 1 is 1.44 bits per heavy atom. The van der Waals surface area contributed by atoms with E-state index >= 15 is 0 Å². The van der Waals surface area contributed by atoms with E-state index in [1.54, 1.807) is 6.07 Å². The molecule has 0 atom stereocenters. The molecular formula is C12H17BrFNO. The van der Waals surface area contributed by atoms with Crippen molar-refractivity contribution in [3.63, 3.8) is 0 Å². The second-order valence-corrected chi connectivity index (χ2v) is 4.88. The summed E-state index contributed by atoms with van der Waals surface area (Å²) in [5.74, 6) is 0.290. The number of rotatable bonds is 6. The summed E-state index contributed by atoms with van der Waals surface area (Å²) in [5.41, 5.74) is 0.772. The van der Waals surface area contributed by atoms with Crippen LogP contribution >= 0.6 is 15.9 Å².